The van der Waals surface area contributed by atoms with Gasteiger partial charge in [0, 0.05) is 30.1 Å². The monoisotopic (exact) mass is 490 g/mol. The first-order valence-corrected chi connectivity index (χ1v) is 12.1. The van der Waals surface area contributed by atoms with Crippen LogP contribution in [-0.4, -0.2) is 38.6 Å². The maximum atomic E-state index is 13.1. The number of carbonyl (C=O) groups excluding carboxylic acids is 1. The predicted molar refractivity (Wildman–Crippen MR) is 140 cm³/mol. The van der Waals surface area contributed by atoms with Crippen LogP contribution in [0.3, 0.4) is 0 Å². The van der Waals surface area contributed by atoms with Crippen LogP contribution in [0.4, 0.5) is 11.4 Å². The van der Waals surface area contributed by atoms with Crippen molar-refractivity contribution >= 4 is 40.3 Å². The number of nitrogens with zero attached hydrogens (tertiary/aromatic N) is 4. The van der Waals surface area contributed by atoms with Crippen LogP contribution < -0.4 is 4.74 Å². The molecule has 4 rings (SSSR count). The first kappa shape index (κ1) is 24.3. The van der Waals surface area contributed by atoms with Crippen LogP contribution in [0.2, 0.25) is 0 Å². The van der Waals surface area contributed by atoms with Gasteiger partial charge in [-0.1, -0.05) is 6.07 Å². The Labute approximate surface area is 208 Å². The summed E-state index contributed by atoms with van der Waals surface area (Å²) in [6.07, 6.45) is 1.87. The third kappa shape index (κ3) is 5.00. The van der Waals surface area contributed by atoms with Crippen LogP contribution >= 0.6 is 11.8 Å². The van der Waals surface area contributed by atoms with E-state index in [1.807, 2.05) is 74.7 Å². The average molecular weight is 491 g/mol. The van der Waals surface area contributed by atoms with E-state index in [1.165, 1.54) is 17.8 Å². The van der Waals surface area contributed by atoms with Crippen LogP contribution in [0.15, 0.2) is 64.5 Å². The second kappa shape index (κ2) is 10.2. The minimum atomic E-state index is -0.404. The van der Waals surface area contributed by atoms with E-state index in [-0.39, 0.29) is 11.6 Å². The Hall–Kier alpha value is -3.85. The average Bonchev–Trinajstić information content (AvgIpc) is 3.29. The number of thioether (sulfide) groups is 1. The SMILES string of the molecule is CCOc1ccc(N=C2S/C(=C\c3cc(C)n(-c4cccc([N+](=O)[O-])c4)c3C)C(=O)N2CC)cc1. The van der Waals surface area contributed by atoms with Gasteiger partial charge in [0.2, 0.25) is 0 Å². The van der Waals surface area contributed by atoms with Gasteiger partial charge in [0.25, 0.3) is 11.6 Å². The van der Waals surface area contributed by atoms with Crippen molar-refractivity contribution in [2.75, 3.05) is 13.2 Å². The lowest BCUT2D eigenvalue weighted by molar-refractivity contribution is -0.384. The summed E-state index contributed by atoms with van der Waals surface area (Å²) in [5.74, 6) is 0.681. The summed E-state index contributed by atoms with van der Waals surface area (Å²) in [5, 5.41) is 11.8. The van der Waals surface area contributed by atoms with Crippen LogP contribution in [0.1, 0.15) is 30.8 Å². The Morgan fingerprint density at radius 2 is 1.86 bits per heavy atom. The van der Waals surface area contributed by atoms with Crippen molar-refractivity contribution in [3.05, 3.63) is 86.6 Å². The zero-order valence-corrected chi connectivity index (χ0v) is 20.8. The minimum absolute atomic E-state index is 0.0326. The van der Waals surface area contributed by atoms with E-state index >= 15 is 0 Å². The molecule has 35 heavy (non-hydrogen) atoms. The van der Waals surface area contributed by atoms with Crippen LogP contribution in [0, 0.1) is 24.0 Å². The highest BCUT2D eigenvalue weighted by Crippen LogP contribution is 2.35. The number of carbonyl (C=O) groups is 1. The first-order valence-electron chi connectivity index (χ1n) is 11.3. The number of aryl methyl sites for hydroxylation is 1. The van der Waals surface area contributed by atoms with Gasteiger partial charge >= 0.3 is 0 Å². The second-order valence-corrected chi connectivity index (χ2v) is 8.93. The number of likely N-dealkylation sites (N-methyl/N-ethyl adjacent to an activating group) is 1. The lowest BCUT2D eigenvalue weighted by Gasteiger charge is -2.12. The Balaban J connectivity index is 1.66. The van der Waals surface area contributed by atoms with Gasteiger partial charge < -0.3 is 9.30 Å². The molecule has 8 nitrogen and oxygen atoms in total. The van der Waals surface area contributed by atoms with Crippen molar-refractivity contribution in [1.82, 2.24) is 9.47 Å². The second-order valence-electron chi connectivity index (χ2n) is 7.92. The zero-order valence-electron chi connectivity index (χ0n) is 20.0. The molecule has 1 saturated heterocycles. The van der Waals surface area contributed by atoms with Crippen molar-refractivity contribution in [3.63, 3.8) is 0 Å². The maximum Gasteiger partial charge on any atom is 0.271 e. The molecule has 9 heteroatoms. The number of rotatable bonds is 7. The molecule has 3 aromatic rings. The zero-order chi connectivity index (χ0) is 25.1. The van der Waals surface area contributed by atoms with Gasteiger partial charge in [-0.05, 0) is 87.5 Å². The molecule has 1 aliphatic rings. The molecule has 2 aromatic carbocycles. The van der Waals surface area contributed by atoms with E-state index in [9.17, 15) is 14.9 Å². The van der Waals surface area contributed by atoms with Crippen LogP contribution in [0.25, 0.3) is 11.8 Å². The summed E-state index contributed by atoms with van der Waals surface area (Å²) < 4.78 is 7.44. The molecule has 0 bridgehead atoms. The summed E-state index contributed by atoms with van der Waals surface area (Å²) in [5.41, 5.74) is 4.17. The summed E-state index contributed by atoms with van der Waals surface area (Å²) in [6, 6.07) is 16.0. The normalized spacial score (nSPS) is 15.9. The number of nitro groups is 1. The molecule has 1 aliphatic heterocycles. The summed E-state index contributed by atoms with van der Waals surface area (Å²) >= 11 is 1.34. The molecule has 0 unspecified atom stereocenters. The molecule has 1 amide bonds. The van der Waals surface area contributed by atoms with E-state index in [0.717, 1.165) is 28.4 Å². The van der Waals surface area contributed by atoms with E-state index in [1.54, 1.807) is 17.0 Å². The molecule has 0 atom stereocenters. The smallest absolute Gasteiger partial charge is 0.271 e. The molecule has 180 valence electrons. The van der Waals surface area contributed by atoms with Crippen molar-refractivity contribution < 1.29 is 14.5 Å². The molecule has 0 aliphatic carbocycles. The molecule has 2 heterocycles. The van der Waals surface area contributed by atoms with Gasteiger partial charge in [0.05, 0.1) is 27.8 Å². The molecular weight excluding hydrogens is 464 g/mol. The topological polar surface area (TPSA) is 90.0 Å². The van der Waals surface area contributed by atoms with E-state index < -0.39 is 4.92 Å². The van der Waals surface area contributed by atoms with E-state index in [2.05, 4.69) is 0 Å². The Morgan fingerprint density at radius 1 is 1.11 bits per heavy atom. The number of hydrogen-bond donors (Lipinski definition) is 0. The summed E-state index contributed by atoms with van der Waals surface area (Å²) in [4.78, 5) is 30.9. The Morgan fingerprint density at radius 3 is 2.51 bits per heavy atom. The molecule has 0 radical (unpaired) electrons. The van der Waals surface area contributed by atoms with Crippen LogP contribution in [-0.2, 0) is 4.79 Å². The molecule has 0 N–H and O–H groups in total. The van der Waals surface area contributed by atoms with Gasteiger partial charge in [0.1, 0.15) is 5.75 Å². The van der Waals surface area contributed by atoms with Gasteiger partial charge in [-0.3, -0.25) is 19.8 Å². The number of non-ortho nitro benzene ring substituents is 1. The fourth-order valence-corrected chi connectivity index (χ4v) is 5.04. The largest absolute Gasteiger partial charge is 0.494 e. The lowest BCUT2D eigenvalue weighted by atomic mass is 10.2. The molecule has 1 aromatic heterocycles. The number of aliphatic imine (C=N–C) groups is 1. The first-order chi connectivity index (χ1) is 16.8. The highest BCUT2D eigenvalue weighted by molar-refractivity contribution is 8.18. The maximum absolute atomic E-state index is 13.1. The Kier molecular flexibility index (Phi) is 7.07. The number of aromatic nitrogens is 1. The van der Waals surface area contributed by atoms with Crippen LogP contribution in [0.5, 0.6) is 5.75 Å². The third-order valence-electron chi connectivity index (χ3n) is 5.63. The number of hydrogen-bond acceptors (Lipinski definition) is 6. The van der Waals surface area contributed by atoms with Crippen molar-refractivity contribution in [1.29, 1.82) is 0 Å². The fourth-order valence-electron chi connectivity index (χ4n) is 3.98. The molecule has 1 fully saturated rings. The lowest BCUT2D eigenvalue weighted by Crippen LogP contribution is -2.28. The number of amidine groups is 1. The minimum Gasteiger partial charge on any atom is -0.494 e. The number of nitro benzene ring substituents is 1. The van der Waals surface area contributed by atoms with Crippen molar-refractivity contribution in [3.8, 4) is 11.4 Å². The standard InChI is InChI=1S/C26H26N4O4S/c1-5-28-25(31)24(35-26(28)27-20-10-12-23(13-11-20)34-6-2)15-19-14-17(3)29(18(19)4)21-8-7-9-22(16-21)30(32)33/h7-16H,5-6H2,1-4H3/b24-15-,27-26?. The quantitative estimate of drug-likeness (QED) is 0.229. The van der Waals surface area contributed by atoms with Crippen molar-refractivity contribution in [2.45, 2.75) is 27.7 Å². The van der Waals surface area contributed by atoms with Gasteiger partial charge in [-0.2, -0.15) is 0 Å². The number of ether oxygens (including phenoxy) is 1. The van der Waals surface area contributed by atoms with Crippen molar-refractivity contribution in [2.24, 2.45) is 4.99 Å². The highest BCUT2D eigenvalue weighted by atomic mass is 32.2. The molecule has 0 saturated carbocycles. The molecular formula is C26H26N4O4S. The summed E-state index contributed by atoms with van der Waals surface area (Å²) in [7, 11) is 0. The Bertz CT molecular complexity index is 1340. The number of amides is 1. The highest BCUT2D eigenvalue weighted by Gasteiger charge is 2.32. The fraction of sp³-hybridized carbons (Fsp3) is 0.231. The van der Waals surface area contributed by atoms with Gasteiger partial charge in [0.15, 0.2) is 5.17 Å². The van der Waals surface area contributed by atoms with E-state index in [4.69, 9.17) is 9.73 Å². The summed E-state index contributed by atoms with van der Waals surface area (Å²) in [6.45, 7) is 8.83. The van der Waals surface area contributed by atoms with E-state index in [0.29, 0.717) is 28.9 Å². The van der Waals surface area contributed by atoms with Gasteiger partial charge in [-0.15, -0.1) is 0 Å². The number of benzene rings is 2. The molecule has 0 spiro atoms. The predicted octanol–water partition coefficient (Wildman–Crippen LogP) is 6.02. The third-order valence-corrected chi connectivity index (χ3v) is 6.64. The van der Waals surface area contributed by atoms with Gasteiger partial charge in [-0.25, -0.2) is 4.99 Å².